The standard InChI is InChI=1S/C18H23N3O2S/c1-2-17-20-15(13-24-17)11-19-18(22)21-8-9-23-16(12-21)10-14-6-4-3-5-7-14/h3-7,13,16H,2,8-12H2,1H3,(H,19,22). The second kappa shape index (κ2) is 8.26. The second-order valence-electron chi connectivity index (χ2n) is 5.87. The van der Waals surface area contributed by atoms with Gasteiger partial charge in [-0.1, -0.05) is 37.3 Å². The Morgan fingerprint density at radius 2 is 2.25 bits per heavy atom. The fourth-order valence-corrected chi connectivity index (χ4v) is 3.52. The van der Waals surface area contributed by atoms with E-state index in [4.69, 9.17) is 4.74 Å². The molecule has 0 saturated carbocycles. The molecule has 1 aromatic heterocycles. The average molecular weight is 345 g/mol. The first-order chi connectivity index (χ1) is 11.7. The van der Waals surface area contributed by atoms with Gasteiger partial charge in [0.15, 0.2) is 0 Å². The van der Waals surface area contributed by atoms with Crippen LogP contribution in [0.5, 0.6) is 0 Å². The molecule has 1 saturated heterocycles. The highest BCUT2D eigenvalue weighted by atomic mass is 32.1. The lowest BCUT2D eigenvalue weighted by Crippen LogP contribution is -2.50. The van der Waals surface area contributed by atoms with Crippen molar-refractivity contribution in [2.75, 3.05) is 19.7 Å². The van der Waals surface area contributed by atoms with Crippen LogP contribution in [0.2, 0.25) is 0 Å². The molecule has 5 nitrogen and oxygen atoms in total. The van der Waals surface area contributed by atoms with E-state index < -0.39 is 0 Å². The molecule has 0 spiro atoms. The number of carbonyl (C=O) groups is 1. The number of thiazole rings is 1. The van der Waals surface area contributed by atoms with Gasteiger partial charge in [-0.05, 0) is 12.0 Å². The predicted octanol–water partition coefficient (Wildman–Crippen LogP) is 2.86. The number of amides is 2. The van der Waals surface area contributed by atoms with Gasteiger partial charge in [0.2, 0.25) is 0 Å². The van der Waals surface area contributed by atoms with Crippen LogP contribution in [0.4, 0.5) is 4.79 Å². The topological polar surface area (TPSA) is 54.5 Å². The lowest BCUT2D eigenvalue weighted by molar-refractivity contribution is -0.0133. The number of urea groups is 1. The number of nitrogens with zero attached hydrogens (tertiary/aromatic N) is 2. The average Bonchev–Trinajstić information content (AvgIpc) is 3.09. The Bertz CT molecular complexity index is 659. The number of rotatable bonds is 5. The molecule has 24 heavy (non-hydrogen) atoms. The largest absolute Gasteiger partial charge is 0.374 e. The maximum atomic E-state index is 12.4. The smallest absolute Gasteiger partial charge is 0.317 e. The van der Waals surface area contributed by atoms with Crippen LogP contribution in [-0.2, 0) is 24.1 Å². The number of morpholine rings is 1. The molecule has 0 radical (unpaired) electrons. The highest BCUT2D eigenvalue weighted by Gasteiger charge is 2.24. The number of carbonyl (C=O) groups excluding carboxylic acids is 1. The lowest BCUT2D eigenvalue weighted by atomic mass is 10.1. The minimum absolute atomic E-state index is 0.0394. The number of ether oxygens (including phenoxy) is 1. The summed E-state index contributed by atoms with van der Waals surface area (Å²) in [5, 5.41) is 6.08. The highest BCUT2D eigenvalue weighted by Crippen LogP contribution is 2.13. The van der Waals surface area contributed by atoms with E-state index in [1.165, 1.54) is 5.56 Å². The third kappa shape index (κ3) is 4.55. The molecule has 0 aliphatic carbocycles. The molecule has 1 atom stereocenters. The Kier molecular flexibility index (Phi) is 5.82. The third-order valence-corrected chi connectivity index (χ3v) is 5.10. The summed E-state index contributed by atoms with van der Waals surface area (Å²) < 4.78 is 5.81. The number of aryl methyl sites for hydroxylation is 1. The second-order valence-corrected chi connectivity index (χ2v) is 6.82. The van der Waals surface area contributed by atoms with Crippen molar-refractivity contribution in [3.8, 4) is 0 Å². The Hall–Kier alpha value is -1.92. The number of nitrogens with one attached hydrogen (secondary N) is 1. The minimum Gasteiger partial charge on any atom is -0.374 e. The van der Waals surface area contributed by atoms with Gasteiger partial charge in [-0.3, -0.25) is 0 Å². The maximum Gasteiger partial charge on any atom is 0.317 e. The van der Waals surface area contributed by atoms with Gasteiger partial charge in [0.25, 0.3) is 0 Å². The minimum atomic E-state index is -0.0394. The van der Waals surface area contributed by atoms with Gasteiger partial charge in [0, 0.05) is 24.9 Å². The number of aromatic nitrogens is 1. The monoisotopic (exact) mass is 345 g/mol. The first-order valence-corrected chi connectivity index (χ1v) is 9.24. The molecule has 2 amide bonds. The van der Waals surface area contributed by atoms with Crippen LogP contribution in [0.15, 0.2) is 35.7 Å². The van der Waals surface area contributed by atoms with Crippen molar-refractivity contribution < 1.29 is 9.53 Å². The fourth-order valence-electron chi connectivity index (χ4n) is 2.77. The molecule has 0 bridgehead atoms. The summed E-state index contributed by atoms with van der Waals surface area (Å²) in [6.45, 7) is 4.41. The van der Waals surface area contributed by atoms with Gasteiger partial charge in [-0.25, -0.2) is 9.78 Å². The molecule has 6 heteroatoms. The van der Waals surface area contributed by atoms with Crippen molar-refractivity contribution in [3.63, 3.8) is 0 Å². The number of hydrogen-bond donors (Lipinski definition) is 1. The fraction of sp³-hybridized carbons (Fsp3) is 0.444. The molecule has 1 aliphatic heterocycles. The van der Waals surface area contributed by atoms with E-state index in [1.54, 1.807) is 11.3 Å². The van der Waals surface area contributed by atoms with Gasteiger partial charge in [0.1, 0.15) is 0 Å². The van der Waals surface area contributed by atoms with Crippen molar-refractivity contribution in [1.82, 2.24) is 15.2 Å². The molecule has 1 N–H and O–H groups in total. The Morgan fingerprint density at radius 3 is 3.00 bits per heavy atom. The normalized spacial score (nSPS) is 17.7. The Balaban J connectivity index is 1.49. The molecule has 1 unspecified atom stereocenters. The summed E-state index contributed by atoms with van der Waals surface area (Å²) in [6.07, 6.45) is 1.82. The molecule has 2 aromatic rings. The van der Waals surface area contributed by atoms with Crippen molar-refractivity contribution in [1.29, 1.82) is 0 Å². The maximum absolute atomic E-state index is 12.4. The van der Waals surface area contributed by atoms with Gasteiger partial charge in [-0.2, -0.15) is 0 Å². The molecule has 3 rings (SSSR count). The summed E-state index contributed by atoms with van der Waals surface area (Å²) in [4.78, 5) is 18.7. The van der Waals surface area contributed by atoms with Gasteiger partial charge < -0.3 is 15.0 Å². The van der Waals surface area contributed by atoms with Crippen LogP contribution in [0.3, 0.4) is 0 Å². The van der Waals surface area contributed by atoms with E-state index in [0.29, 0.717) is 26.2 Å². The summed E-state index contributed by atoms with van der Waals surface area (Å²) >= 11 is 1.64. The molecule has 1 aliphatic rings. The molecule has 128 valence electrons. The van der Waals surface area contributed by atoms with Crippen molar-refractivity contribution in [2.45, 2.75) is 32.4 Å². The zero-order valence-electron chi connectivity index (χ0n) is 13.9. The first-order valence-electron chi connectivity index (χ1n) is 8.36. The van der Waals surface area contributed by atoms with Crippen molar-refractivity contribution in [3.05, 3.63) is 52.0 Å². The Labute approximate surface area is 146 Å². The number of benzene rings is 1. The molecule has 1 fully saturated rings. The van der Waals surface area contributed by atoms with Crippen LogP contribution < -0.4 is 5.32 Å². The predicted molar refractivity (Wildman–Crippen MR) is 95.2 cm³/mol. The van der Waals surface area contributed by atoms with E-state index in [9.17, 15) is 4.79 Å². The van der Waals surface area contributed by atoms with E-state index in [-0.39, 0.29) is 12.1 Å². The first kappa shape index (κ1) is 16.9. The van der Waals surface area contributed by atoms with Crippen molar-refractivity contribution >= 4 is 17.4 Å². The summed E-state index contributed by atoms with van der Waals surface area (Å²) in [5.74, 6) is 0. The zero-order valence-corrected chi connectivity index (χ0v) is 14.7. The highest BCUT2D eigenvalue weighted by molar-refractivity contribution is 7.09. The van der Waals surface area contributed by atoms with Gasteiger partial charge >= 0.3 is 6.03 Å². The molecular weight excluding hydrogens is 322 g/mol. The van der Waals surface area contributed by atoms with Gasteiger partial charge in [0.05, 0.1) is 30.0 Å². The summed E-state index contributed by atoms with van der Waals surface area (Å²) in [5.41, 5.74) is 2.17. The summed E-state index contributed by atoms with van der Waals surface area (Å²) in [6, 6.07) is 10.2. The Morgan fingerprint density at radius 1 is 1.42 bits per heavy atom. The SMILES string of the molecule is CCc1nc(CNC(=O)N2CCOC(Cc3ccccc3)C2)cs1. The van der Waals surface area contributed by atoms with E-state index >= 15 is 0 Å². The third-order valence-electron chi connectivity index (χ3n) is 4.05. The van der Waals surface area contributed by atoms with Crippen LogP contribution in [-0.4, -0.2) is 41.7 Å². The molecular formula is C18H23N3O2S. The van der Waals surface area contributed by atoms with Crippen molar-refractivity contribution in [2.24, 2.45) is 0 Å². The summed E-state index contributed by atoms with van der Waals surface area (Å²) in [7, 11) is 0. The zero-order chi connectivity index (χ0) is 16.8. The van der Waals surface area contributed by atoms with Crippen LogP contribution >= 0.6 is 11.3 Å². The molecule has 2 heterocycles. The van der Waals surface area contributed by atoms with Crippen LogP contribution in [0, 0.1) is 0 Å². The van der Waals surface area contributed by atoms with Crippen LogP contribution in [0.25, 0.3) is 0 Å². The van der Waals surface area contributed by atoms with E-state index in [1.807, 2.05) is 28.5 Å². The van der Waals surface area contributed by atoms with Crippen LogP contribution in [0.1, 0.15) is 23.2 Å². The van der Waals surface area contributed by atoms with E-state index in [0.717, 1.165) is 23.5 Å². The quantitative estimate of drug-likeness (QED) is 0.906. The lowest BCUT2D eigenvalue weighted by Gasteiger charge is -2.33. The van der Waals surface area contributed by atoms with E-state index in [2.05, 4.69) is 29.4 Å². The number of hydrogen-bond acceptors (Lipinski definition) is 4. The van der Waals surface area contributed by atoms with Gasteiger partial charge in [-0.15, -0.1) is 11.3 Å². The molecule has 1 aromatic carbocycles.